The Morgan fingerprint density at radius 3 is 2.55 bits per heavy atom. The number of amides is 1. The first-order chi connectivity index (χ1) is 14.0. The maximum absolute atomic E-state index is 13.2. The second kappa shape index (κ2) is 8.06. The van der Waals surface area contributed by atoms with Gasteiger partial charge in [-0.05, 0) is 30.7 Å². The highest BCUT2D eigenvalue weighted by molar-refractivity contribution is 8.28. The number of carbonyl (C=O) groups is 2. The van der Waals surface area contributed by atoms with Crippen LogP contribution in [0.4, 0.5) is 5.69 Å². The highest BCUT2D eigenvalue weighted by atomic mass is 32.2. The largest absolute Gasteiger partial charge is 0.478 e. The smallest absolute Gasteiger partial charge is 0.335 e. The highest BCUT2D eigenvalue weighted by Crippen LogP contribution is 2.48. The first-order valence-electron chi connectivity index (χ1n) is 8.85. The number of thiocarbonyl (C=S) groups is 1. The maximum Gasteiger partial charge on any atom is 0.335 e. The molecule has 0 aromatic heterocycles. The van der Waals surface area contributed by atoms with Crippen molar-refractivity contribution >= 4 is 62.5 Å². The van der Waals surface area contributed by atoms with Crippen LogP contribution in [-0.4, -0.2) is 32.7 Å². The molecule has 2 aliphatic heterocycles. The third-order valence-corrected chi connectivity index (χ3v) is 7.14. The SMILES string of the molecule is CCN1C=C(c2ccccc2)SC1=C1SC(=S)N(c2cccc(C(=O)O)c2)C1=O. The summed E-state index contributed by atoms with van der Waals surface area (Å²) in [7, 11) is 0. The van der Waals surface area contributed by atoms with Crippen LogP contribution in [0.15, 0.2) is 70.7 Å². The molecule has 4 rings (SSSR count). The van der Waals surface area contributed by atoms with E-state index in [4.69, 9.17) is 12.2 Å². The van der Waals surface area contributed by atoms with Gasteiger partial charge in [0, 0.05) is 17.6 Å². The number of hydrogen-bond donors (Lipinski definition) is 1. The monoisotopic (exact) mass is 440 g/mol. The molecule has 8 heteroatoms. The first kappa shape index (κ1) is 19.8. The number of rotatable bonds is 4. The van der Waals surface area contributed by atoms with Crippen LogP contribution in [0.3, 0.4) is 0 Å². The lowest BCUT2D eigenvalue weighted by Crippen LogP contribution is -2.28. The van der Waals surface area contributed by atoms with Gasteiger partial charge in [0.25, 0.3) is 5.91 Å². The van der Waals surface area contributed by atoms with Crippen LogP contribution in [0.25, 0.3) is 4.91 Å². The summed E-state index contributed by atoms with van der Waals surface area (Å²) in [5, 5.41) is 10.1. The molecule has 0 bridgehead atoms. The number of hydrogen-bond acceptors (Lipinski definition) is 6. The molecule has 1 saturated heterocycles. The summed E-state index contributed by atoms with van der Waals surface area (Å²) >= 11 is 8.26. The molecule has 0 saturated carbocycles. The minimum Gasteiger partial charge on any atom is -0.478 e. The van der Waals surface area contributed by atoms with E-state index >= 15 is 0 Å². The van der Waals surface area contributed by atoms with Crippen molar-refractivity contribution in [2.75, 3.05) is 11.4 Å². The zero-order valence-electron chi connectivity index (χ0n) is 15.4. The van der Waals surface area contributed by atoms with Crippen LogP contribution in [0, 0.1) is 0 Å². The second-order valence-corrected chi connectivity index (χ2v) is 8.92. The first-order valence-corrected chi connectivity index (χ1v) is 10.9. The molecular weight excluding hydrogens is 424 g/mol. The lowest BCUT2D eigenvalue weighted by molar-refractivity contribution is -0.113. The van der Waals surface area contributed by atoms with E-state index in [9.17, 15) is 14.7 Å². The van der Waals surface area contributed by atoms with Crippen molar-refractivity contribution in [3.05, 3.63) is 81.9 Å². The minimum absolute atomic E-state index is 0.114. The standard InChI is InChI=1S/C21H16N2O3S3/c1-2-22-12-16(13-7-4-3-5-8-13)28-19(22)17-18(24)23(21(27)29-17)15-10-6-9-14(11-15)20(25)26/h3-12H,2H2,1H3,(H,25,26). The predicted octanol–water partition coefficient (Wildman–Crippen LogP) is 4.99. The predicted molar refractivity (Wildman–Crippen MR) is 122 cm³/mol. The quantitative estimate of drug-likeness (QED) is 0.531. The number of nitrogens with zero attached hydrogens (tertiary/aromatic N) is 2. The topological polar surface area (TPSA) is 60.9 Å². The van der Waals surface area contributed by atoms with E-state index in [1.807, 2.05) is 48.4 Å². The number of benzene rings is 2. The Morgan fingerprint density at radius 2 is 1.86 bits per heavy atom. The average molecular weight is 441 g/mol. The van der Waals surface area contributed by atoms with E-state index in [0.717, 1.165) is 22.0 Å². The van der Waals surface area contributed by atoms with E-state index in [2.05, 4.69) is 0 Å². The van der Waals surface area contributed by atoms with Gasteiger partial charge in [0.15, 0.2) is 4.32 Å². The van der Waals surface area contributed by atoms with E-state index < -0.39 is 5.97 Å². The van der Waals surface area contributed by atoms with E-state index in [0.29, 0.717) is 14.9 Å². The number of carboxylic acid groups (broad SMARTS) is 1. The third kappa shape index (κ3) is 3.71. The Balaban J connectivity index is 1.69. The van der Waals surface area contributed by atoms with Crippen LogP contribution in [-0.2, 0) is 4.79 Å². The van der Waals surface area contributed by atoms with Crippen LogP contribution in [0.1, 0.15) is 22.8 Å². The van der Waals surface area contributed by atoms with Crippen molar-refractivity contribution in [1.29, 1.82) is 0 Å². The molecule has 146 valence electrons. The molecular formula is C21H16N2O3S3. The zero-order valence-corrected chi connectivity index (χ0v) is 17.8. The van der Waals surface area contributed by atoms with Gasteiger partial charge in [-0.1, -0.05) is 72.1 Å². The summed E-state index contributed by atoms with van der Waals surface area (Å²) in [5.74, 6) is -1.28. The normalized spacial score (nSPS) is 19.1. The summed E-state index contributed by atoms with van der Waals surface area (Å²) in [6, 6.07) is 16.3. The molecule has 29 heavy (non-hydrogen) atoms. The van der Waals surface area contributed by atoms with Gasteiger partial charge in [-0.25, -0.2) is 4.79 Å². The lowest BCUT2D eigenvalue weighted by atomic mass is 10.2. The van der Waals surface area contributed by atoms with Crippen molar-refractivity contribution in [1.82, 2.24) is 4.90 Å². The lowest BCUT2D eigenvalue weighted by Gasteiger charge is -2.17. The number of thioether (sulfide) groups is 2. The fourth-order valence-corrected chi connectivity index (χ4v) is 5.68. The van der Waals surface area contributed by atoms with Crippen LogP contribution >= 0.6 is 35.7 Å². The number of anilines is 1. The summed E-state index contributed by atoms with van der Waals surface area (Å²) in [4.78, 5) is 29.6. The van der Waals surface area contributed by atoms with Gasteiger partial charge in [0.2, 0.25) is 0 Å². The number of carboxylic acids is 1. The van der Waals surface area contributed by atoms with E-state index in [1.165, 1.54) is 28.8 Å². The summed E-state index contributed by atoms with van der Waals surface area (Å²) in [6.07, 6.45) is 2.05. The molecule has 0 spiro atoms. The molecule has 2 heterocycles. The van der Waals surface area contributed by atoms with E-state index in [-0.39, 0.29) is 11.5 Å². The van der Waals surface area contributed by atoms with Crippen molar-refractivity contribution < 1.29 is 14.7 Å². The zero-order chi connectivity index (χ0) is 20.5. The van der Waals surface area contributed by atoms with Crippen LogP contribution in [0.5, 0.6) is 0 Å². The van der Waals surface area contributed by atoms with Crippen molar-refractivity contribution in [3.63, 3.8) is 0 Å². The van der Waals surface area contributed by atoms with Crippen molar-refractivity contribution in [2.45, 2.75) is 6.92 Å². The molecule has 0 radical (unpaired) electrons. The van der Waals surface area contributed by atoms with Gasteiger partial charge in [-0.2, -0.15) is 0 Å². The molecule has 2 aromatic carbocycles. The molecule has 0 unspecified atom stereocenters. The Labute approximate surface area is 182 Å². The fraction of sp³-hybridized carbons (Fsp3) is 0.0952. The molecule has 1 N–H and O–H groups in total. The van der Waals surface area contributed by atoms with Gasteiger partial charge in [-0.3, -0.25) is 9.69 Å². The Bertz CT molecular complexity index is 1080. The van der Waals surface area contributed by atoms with Gasteiger partial charge in [0.05, 0.1) is 16.3 Å². The fourth-order valence-electron chi connectivity index (χ4n) is 3.03. The number of carbonyl (C=O) groups excluding carboxylic acids is 1. The third-order valence-electron chi connectivity index (χ3n) is 4.45. The van der Waals surface area contributed by atoms with Gasteiger partial charge < -0.3 is 10.0 Å². The van der Waals surface area contributed by atoms with Crippen molar-refractivity contribution in [2.24, 2.45) is 0 Å². The molecule has 5 nitrogen and oxygen atoms in total. The molecule has 0 aliphatic carbocycles. The van der Waals surface area contributed by atoms with Gasteiger partial charge in [-0.15, -0.1) is 0 Å². The Morgan fingerprint density at radius 1 is 1.10 bits per heavy atom. The van der Waals surface area contributed by atoms with Gasteiger partial charge >= 0.3 is 5.97 Å². The van der Waals surface area contributed by atoms with Crippen LogP contribution < -0.4 is 4.90 Å². The molecule has 0 atom stereocenters. The second-order valence-electron chi connectivity index (χ2n) is 6.25. The summed E-state index contributed by atoms with van der Waals surface area (Å²) in [6.45, 7) is 2.75. The maximum atomic E-state index is 13.2. The summed E-state index contributed by atoms with van der Waals surface area (Å²) in [5.41, 5.74) is 1.67. The Kier molecular flexibility index (Phi) is 5.49. The number of aromatic carboxylic acids is 1. The minimum atomic E-state index is -1.05. The Hall–Kier alpha value is -2.55. The highest BCUT2D eigenvalue weighted by Gasteiger charge is 2.38. The van der Waals surface area contributed by atoms with E-state index in [1.54, 1.807) is 23.9 Å². The molecule has 2 aromatic rings. The van der Waals surface area contributed by atoms with Crippen molar-refractivity contribution in [3.8, 4) is 0 Å². The molecule has 1 fully saturated rings. The molecule has 2 aliphatic rings. The summed E-state index contributed by atoms with van der Waals surface area (Å²) < 4.78 is 0.393. The van der Waals surface area contributed by atoms with Gasteiger partial charge in [0.1, 0.15) is 4.91 Å². The van der Waals surface area contributed by atoms with Crippen LogP contribution in [0.2, 0.25) is 0 Å². The average Bonchev–Trinajstić information content (AvgIpc) is 3.29. The molecule has 1 amide bonds.